The molecule has 0 saturated heterocycles. The summed E-state index contributed by atoms with van der Waals surface area (Å²) < 4.78 is 8.80. The van der Waals surface area contributed by atoms with Crippen LogP contribution in [0.5, 0.6) is 0 Å². The van der Waals surface area contributed by atoms with Gasteiger partial charge in [0.15, 0.2) is 0 Å². The van der Waals surface area contributed by atoms with Crippen LogP contribution in [0.4, 0.5) is 0 Å². The molecule has 0 radical (unpaired) electrons. The summed E-state index contributed by atoms with van der Waals surface area (Å²) in [5.41, 5.74) is 14.3. The fourth-order valence-electron chi connectivity index (χ4n) is 10.2. The molecule has 0 aliphatic heterocycles. The lowest BCUT2D eigenvalue weighted by Crippen LogP contribution is -2.28. The van der Waals surface area contributed by atoms with Gasteiger partial charge in [-0.05, 0) is 107 Å². The fourth-order valence-corrected chi connectivity index (χ4v) is 11.4. The number of thiophene rings is 1. The monoisotopic (exact) mass is 763 g/mol. The molecule has 3 aliphatic carbocycles. The molecule has 0 bridgehead atoms. The number of hydrogen-bond donors (Lipinski definition) is 0. The van der Waals surface area contributed by atoms with Gasteiger partial charge in [0.25, 0.3) is 0 Å². The van der Waals surface area contributed by atoms with Crippen molar-refractivity contribution in [2.24, 2.45) is 0 Å². The Morgan fingerprint density at radius 2 is 1.45 bits per heavy atom. The van der Waals surface area contributed by atoms with Crippen LogP contribution in [0, 0.1) is 11.3 Å². The summed E-state index contributed by atoms with van der Waals surface area (Å²) in [7, 11) is 0. The Bertz CT molecular complexity index is 3280. The van der Waals surface area contributed by atoms with Gasteiger partial charge in [0.1, 0.15) is 17.0 Å². The SMILES string of the molecule is N#Cc1ccc2c(c1)-c1ccc(-c3ccc4sc5c(-c6cc(-c7ccc8c(c7)oc7ccccc78)nc(C7C=CC=CC7)n6)cccc5c4c3)cc1C21CCCCC1. The highest BCUT2D eigenvalue weighted by Crippen LogP contribution is 2.56. The number of furan rings is 1. The zero-order valence-corrected chi connectivity index (χ0v) is 32.7. The van der Waals surface area contributed by atoms with Gasteiger partial charge in [-0.15, -0.1) is 11.3 Å². The van der Waals surface area contributed by atoms with Crippen molar-refractivity contribution in [2.45, 2.75) is 49.9 Å². The lowest BCUT2D eigenvalue weighted by atomic mass is 9.67. The summed E-state index contributed by atoms with van der Waals surface area (Å²) in [5, 5.41) is 14.5. The van der Waals surface area contributed by atoms with Gasteiger partial charge in [0.2, 0.25) is 0 Å². The molecule has 1 spiro atoms. The maximum Gasteiger partial charge on any atom is 0.136 e. The van der Waals surface area contributed by atoms with E-state index in [-0.39, 0.29) is 11.3 Å². The van der Waals surface area contributed by atoms with E-state index in [9.17, 15) is 5.26 Å². The molecular formula is C53H37N3OS. The van der Waals surface area contributed by atoms with Crippen molar-refractivity contribution in [3.8, 4) is 50.8 Å². The molecule has 0 amide bonds. The van der Waals surface area contributed by atoms with Crippen LogP contribution < -0.4 is 0 Å². The normalized spacial score (nSPS) is 16.7. The highest BCUT2D eigenvalue weighted by atomic mass is 32.1. The quantitative estimate of drug-likeness (QED) is 0.179. The maximum absolute atomic E-state index is 9.75. The molecule has 3 aliphatic rings. The van der Waals surface area contributed by atoms with Crippen molar-refractivity contribution in [3.63, 3.8) is 0 Å². The van der Waals surface area contributed by atoms with Gasteiger partial charge in [-0.1, -0.05) is 110 Å². The van der Waals surface area contributed by atoms with Crippen molar-refractivity contribution in [1.29, 1.82) is 5.26 Å². The Hall–Kier alpha value is -6.61. The molecule has 4 nitrogen and oxygen atoms in total. The van der Waals surface area contributed by atoms with Gasteiger partial charge in [-0.25, -0.2) is 9.97 Å². The average molecular weight is 764 g/mol. The minimum atomic E-state index is 0.0256. The van der Waals surface area contributed by atoms with Crippen molar-refractivity contribution in [3.05, 3.63) is 168 Å². The van der Waals surface area contributed by atoms with Crippen molar-refractivity contribution in [1.82, 2.24) is 9.97 Å². The lowest BCUT2D eigenvalue weighted by Gasteiger charge is -2.36. The molecule has 3 aromatic heterocycles. The zero-order valence-electron chi connectivity index (χ0n) is 31.8. The first-order chi connectivity index (χ1) is 28.6. The van der Waals surface area contributed by atoms with E-state index >= 15 is 0 Å². The van der Waals surface area contributed by atoms with E-state index in [1.54, 1.807) is 0 Å². The molecular weight excluding hydrogens is 727 g/mol. The molecule has 1 saturated carbocycles. The van der Waals surface area contributed by atoms with E-state index in [1.165, 1.54) is 72.8 Å². The highest BCUT2D eigenvalue weighted by molar-refractivity contribution is 7.26. The molecule has 0 N–H and O–H groups in total. The third-order valence-corrected chi connectivity index (χ3v) is 14.3. The summed E-state index contributed by atoms with van der Waals surface area (Å²) in [6.07, 6.45) is 15.6. The minimum absolute atomic E-state index is 0.0256. The Balaban J connectivity index is 0.978. The van der Waals surface area contributed by atoms with Crippen LogP contribution in [0.2, 0.25) is 0 Å². The van der Waals surface area contributed by atoms with E-state index in [2.05, 4.69) is 134 Å². The number of nitrogens with zero attached hydrogens (tertiary/aromatic N) is 3. The number of rotatable bonds is 4. The average Bonchev–Trinajstić information content (AvgIpc) is 3.94. The molecule has 276 valence electrons. The van der Waals surface area contributed by atoms with Gasteiger partial charge in [-0.2, -0.15) is 5.26 Å². The number of hydrogen-bond acceptors (Lipinski definition) is 5. The Morgan fingerprint density at radius 3 is 2.34 bits per heavy atom. The maximum atomic E-state index is 9.75. The van der Waals surface area contributed by atoms with E-state index in [0.29, 0.717) is 0 Å². The van der Waals surface area contributed by atoms with Crippen LogP contribution in [0.3, 0.4) is 0 Å². The molecule has 9 aromatic rings. The molecule has 6 aromatic carbocycles. The van der Waals surface area contributed by atoms with E-state index in [1.807, 2.05) is 29.5 Å². The third-order valence-electron chi connectivity index (χ3n) is 13.0. The van der Waals surface area contributed by atoms with Crippen LogP contribution in [-0.2, 0) is 5.41 Å². The molecule has 12 rings (SSSR count). The summed E-state index contributed by atoms with van der Waals surface area (Å²) in [6.45, 7) is 0. The standard InChI is InChI=1S/C53H37N3OS/c54-31-32-16-22-44-42(26-32)37-20-17-35(28-45(37)53(44)24-7-2-8-25-53)34-19-23-50-43(27-34)40-13-9-14-41(51(40)58-50)47-30-46(55-52(56-47)33-10-3-1-4-11-33)36-18-21-39-38-12-5-6-15-48(38)57-49(39)29-36/h1,3-6,9-10,12-23,26-30,33H,2,7-8,11,24-25H2. The number of para-hydroxylation sites is 1. The van der Waals surface area contributed by atoms with Gasteiger partial charge >= 0.3 is 0 Å². The number of nitriles is 1. The lowest BCUT2D eigenvalue weighted by molar-refractivity contribution is 0.353. The minimum Gasteiger partial charge on any atom is -0.456 e. The summed E-state index contributed by atoms with van der Waals surface area (Å²) >= 11 is 1.84. The molecule has 1 fully saturated rings. The Kier molecular flexibility index (Phi) is 7.49. The van der Waals surface area contributed by atoms with Crippen LogP contribution in [0.15, 0.2) is 150 Å². The zero-order chi connectivity index (χ0) is 38.4. The first-order valence-electron chi connectivity index (χ1n) is 20.4. The van der Waals surface area contributed by atoms with Gasteiger partial charge in [0, 0.05) is 53.4 Å². The predicted octanol–water partition coefficient (Wildman–Crippen LogP) is 14.4. The van der Waals surface area contributed by atoms with Crippen LogP contribution in [0.25, 0.3) is 86.9 Å². The first-order valence-corrected chi connectivity index (χ1v) is 21.2. The topological polar surface area (TPSA) is 62.7 Å². The second-order valence-corrected chi connectivity index (χ2v) is 17.3. The van der Waals surface area contributed by atoms with Crippen molar-refractivity contribution in [2.75, 3.05) is 0 Å². The van der Waals surface area contributed by atoms with Crippen LogP contribution >= 0.6 is 11.3 Å². The molecule has 5 heteroatoms. The number of benzene rings is 6. The first kappa shape index (κ1) is 33.5. The molecule has 1 unspecified atom stereocenters. The largest absolute Gasteiger partial charge is 0.456 e. The van der Waals surface area contributed by atoms with Crippen molar-refractivity contribution < 1.29 is 4.42 Å². The molecule has 1 atom stereocenters. The number of aromatic nitrogens is 2. The Labute approximate surface area is 340 Å². The van der Waals surface area contributed by atoms with Crippen molar-refractivity contribution >= 4 is 53.4 Å². The second-order valence-electron chi connectivity index (χ2n) is 16.2. The Morgan fingerprint density at radius 1 is 0.621 bits per heavy atom. The van der Waals surface area contributed by atoms with E-state index < -0.39 is 0 Å². The highest BCUT2D eigenvalue weighted by Gasteiger charge is 2.44. The summed E-state index contributed by atoms with van der Waals surface area (Å²) in [5.74, 6) is 0.931. The smallest absolute Gasteiger partial charge is 0.136 e. The predicted molar refractivity (Wildman–Crippen MR) is 238 cm³/mol. The number of fused-ring (bicyclic) bond motifs is 11. The second kappa shape index (κ2) is 13.0. The van der Waals surface area contributed by atoms with Gasteiger partial charge in [0.05, 0.1) is 23.0 Å². The third kappa shape index (κ3) is 5.11. The summed E-state index contributed by atoms with van der Waals surface area (Å²) in [6, 6.07) is 46.3. The van der Waals surface area contributed by atoms with E-state index in [0.717, 1.165) is 75.1 Å². The van der Waals surface area contributed by atoms with Gasteiger partial charge in [-0.3, -0.25) is 0 Å². The molecule has 3 heterocycles. The van der Waals surface area contributed by atoms with Crippen LogP contribution in [-0.4, -0.2) is 9.97 Å². The molecule has 58 heavy (non-hydrogen) atoms. The van der Waals surface area contributed by atoms with Crippen LogP contribution in [0.1, 0.15) is 67.0 Å². The summed E-state index contributed by atoms with van der Waals surface area (Å²) in [4.78, 5) is 10.5. The fraction of sp³-hybridized carbons (Fsp3) is 0.151. The van der Waals surface area contributed by atoms with E-state index in [4.69, 9.17) is 14.4 Å². The van der Waals surface area contributed by atoms with Gasteiger partial charge < -0.3 is 4.42 Å². The number of allylic oxidation sites excluding steroid dienone is 4.